The molecule has 0 saturated carbocycles. The molecule has 0 radical (unpaired) electrons. The summed E-state index contributed by atoms with van der Waals surface area (Å²) in [5, 5.41) is 0. The summed E-state index contributed by atoms with van der Waals surface area (Å²) in [5.41, 5.74) is 3.58. The smallest absolute Gasteiger partial charge is 0.222 e. The van der Waals surface area contributed by atoms with Crippen molar-refractivity contribution in [3.63, 3.8) is 0 Å². The largest absolute Gasteiger partial charge is 0.494 e. The molecule has 1 aliphatic rings. The Balaban J connectivity index is 1.40. The number of aromatic nitrogens is 2. The SMILES string of the molecule is O=C1CCCN1CCCOc1cccc(-c2cnc3ccccc3n2)c1. The minimum atomic E-state index is 0.266. The van der Waals surface area contributed by atoms with Crippen LogP contribution in [0.15, 0.2) is 54.7 Å². The van der Waals surface area contributed by atoms with Gasteiger partial charge in [0.25, 0.3) is 0 Å². The molecule has 1 aliphatic heterocycles. The molecular weight excluding hydrogens is 326 g/mol. The predicted octanol–water partition coefficient (Wildman–Crippen LogP) is 3.69. The van der Waals surface area contributed by atoms with Crippen molar-refractivity contribution in [2.75, 3.05) is 19.7 Å². The molecular formula is C21H21N3O2. The van der Waals surface area contributed by atoms with Gasteiger partial charge in [0.2, 0.25) is 5.91 Å². The summed E-state index contributed by atoms with van der Waals surface area (Å²) in [4.78, 5) is 22.7. The molecule has 0 atom stereocenters. The van der Waals surface area contributed by atoms with E-state index in [1.165, 1.54) is 0 Å². The van der Waals surface area contributed by atoms with E-state index < -0.39 is 0 Å². The summed E-state index contributed by atoms with van der Waals surface area (Å²) >= 11 is 0. The van der Waals surface area contributed by atoms with E-state index in [1.807, 2.05) is 53.4 Å². The van der Waals surface area contributed by atoms with Gasteiger partial charge in [-0.2, -0.15) is 0 Å². The van der Waals surface area contributed by atoms with Crippen molar-refractivity contribution in [2.24, 2.45) is 0 Å². The fraction of sp³-hybridized carbons (Fsp3) is 0.286. The number of fused-ring (bicyclic) bond motifs is 1. The van der Waals surface area contributed by atoms with Crippen molar-refractivity contribution in [1.29, 1.82) is 0 Å². The number of amides is 1. The molecule has 26 heavy (non-hydrogen) atoms. The molecule has 3 aromatic rings. The van der Waals surface area contributed by atoms with Gasteiger partial charge in [0.1, 0.15) is 5.75 Å². The maximum atomic E-state index is 11.6. The third-order valence-corrected chi connectivity index (χ3v) is 4.59. The number of benzene rings is 2. The van der Waals surface area contributed by atoms with Crippen LogP contribution in [0.4, 0.5) is 0 Å². The van der Waals surface area contributed by atoms with Gasteiger partial charge in [-0.25, -0.2) is 4.98 Å². The number of nitrogens with zero attached hydrogens (tertiary/aromatic N) is 3. The van der Waals surface area contributed by atoms with E-state index in [1.54, 1.807) is 6.20 Å². The van der Waals surface area contributed by atoms with Crippen LogP contribution in [0.5, 0.6) is 5.75 Å². The molecule has 2 aromatic carbocycles. The zero-order valence-electron chi connectivity index (χ0n) is 14.6. The standard InChI is InChI=1S/C21H21N3O2/c25-21-10-4-11-24(21)12-5-13-26-17-7-3-6-16(14-17)20-15-22-18-8-1-2-9-19(18)23-20/h1-3,6-9,14-15H,4-5,10-13H2. The number of likely N-dealkylation sites (tertiary alicyclic amines) is 1. The van der Waals surface area contributed by atoms with Gasteiger partial charge < -0.3 is 9.64 Å². The number of rotatable bonds is 6. The van der Waals surface area contributed by atoms with E-state index in [2.05, 4.69) is 9.97 Å². The quantitative estimate of drug-likeness (QED) is 0.638. The average molecular weight is 347 g/mol. The Bertz CT molecular complexity index is 926. The van der Waals surface area contributed by atoms with Crippen molar-refractivity contribution >= 4 is 16.9 Å². The van der Waals surface area contributed by atoms with Gasteiger partial charge >= 0.3 is 0 Å². The Morgan fingerprint density at radius 3 is 2.81 bits per heavy atom. The van der Waals surface area contributed by atoms with Crippen molar-refractivity contribution < 1.29 is 9.53 Å². The molecule has 5 nitrogen and oxygen atoms in total. The highest BCUT2D eigenvalue weighted by atomic mass is 16.5. The average Bonchev–Trinajstić information content (AvgIpc) is 3.10. The molecule has 1 amide bonds. The number of ether oxygens (including phenoxy) is 1. The minimum Gasteiger partial charge on any atom is -0.494 e. The second-order valence-electron chi connectivity index (χ2n) is 6.46. The van der Waals surface area contributed by atoms with Crippen molar-refractivity contribution in [1.82, 2.24) is 14.9 Å². The molecule has 4 rings (SSSR count). The molecule has 0 bridgehead atoms. The summed E-state index contributed by atoms with van der Waals surface area (Å²) in [5.74, 6) is 1.08. The molecule has 1 fully saturated rings. The molecule has 1 aromatic heterocycles. The third-order valence-electron chi connectivity index (χ3n) is 4.59. The lowest BCUT2D eigenvalue weighted by molar-refractivity contribution is -0.127. The molecule has 5 heteroatoms. The first kappa shape index (κ1) is 16.5. The van der Waals surface area contributed by atoms with Crippen LogP contribution < -0.4 is 4.74 Å². The Labute approximate surface area is 152 Å². The van der Waals surface area contributed by atoms with Crippen LogP contribution in [-0.2, 0) is 4.79 Å². The molecule has 2 heterocycles. The van der Waals surface area contributed by atoms with Gasteiger partial charge in [-0.05, 0) is 37.1 Å². The number of hydrogen-bond donors (Lipinski definition) is 0. The van der Waals surface area contributed by atoms with E-state index in [-0.39, 0.29) is 5.91 Å². The summed E-state index contributed by atoms with van der Waals surface area (Å²) in [6.45, 7) is 2.25. The van der Waals surface area contributed by atoms with E-state index in [0.717, 1.165) is 54.0 Å². The first-order valence-electron chi connectivity index (χ1n) is 9.02. The van der Waals surface area contributed by atoms with Crippen molar-refractivity contribution in [3.8, 4) is 17.0 Å². The third kappa shape index (κ3) is 3.67. The first-order chi connectivity index (χ1) is 12.8. The fourth-order valence-corrected chi connectivity index (χ4v) is 3.23. The van der Waals surface area contributed by atoms with Crippen LogP contribution in [-0.4, -0.2) is 40.5 Å². The highest BCUT2D eigenvalue weighted by Crippen LogP contribution is 2.23. The second-order valence-corrected chi connectivity index (χ2v) is 6.46. The van der Waals surface area contributed by atoms with Gasteiger partial charge in [-0.15, -0.1) is 0 Å². The predicted molar refractivity (Wildman–Crippen MR) is 101 cm³/mol. The highest BCUT2D eigenvalue weighted by molar-refractivity contribution is 5.78. The highest BCUT2D eigenvalue weighted by Gasteiger charge is 2.19. The monoisotopic (exact) mass is 347 g/mol. The van der Waals surface area contributed by atoms with Gasteiger partial charge in [0.05, 0.1) is 29.5 Å². The van der Waals surface area contributed by atoms with Crippen LogP contribution in [0.1, 0.15) is 19.3 Å². The van der Waals surface area contributed by atoms with E-state index in [9.17, 15) is 4.79 Å². The maximum absolute atomic E-state index is 11.6. The lowest BCUT2D eigenvalue weighted by atomic mass is 10.1. The van der Waals surface area contributed by atoms with E-state index in [4.69, 9.17) is 4.74 Å². The normalized spacial score (nSPS) is 14.2. The lowest BCUT2D eigenvalue weighted by Gasteiger charge is -2.15. The lowest BCUT2D eigenvalue weighted by Crippen LogP contribution is -2.26. The Morgan fingerprint density at radius 1 is 1.08 bits per heavy atom. The fourth-order valence-electron chi connectivity index (χ4n) is 3.23. The van der Waals surface area contributed by atoms with Crippen molar-refractivity contribution in [2.45, 2.75) is 19.3 Å². The second kappa shape index (κ2) is 7.52. The Hall–Kier alpha value is -2.95. The Morgan fingerprint density at radius 2 is 1.96 bits per heavy atom. The van der Waals surface area contributed by atoms with Gasteiger partial charge in [-0.1, -0.05) is 24.3 Å². The van der Waals surface area contributed by atoms with E-state index >= 15 is 0 Å². The summed E-state index contributed by atoms with van der Waals surface area (Å²) in [6, 6.07) is 15.7. The summed E-state index contributed by atoms with van der Waals surface area (Å²) in [6.07, 6.45) is 4.30. The Kier molecular flexibility index (Phi) is 4.78. The van der Waals surface area contributed by atoms with Gasteiger partial charge in [0.15, 0.2) is 0 Å². The first-order valence-corrected chi connectivity index (χ1v) is 9.02. The van der Waals surface area contributed by atoms with Crippen LogP contribution in [0.2, 0.25) is 0 Å². The number of carbonyl (C=O) groups excluding carboxylic acids is 1. The summed E-state index contributed by atoms with van der Waals surface area (Å²) in [7, 11) is 0. The number of hydrogen-bond acceptors (Lipinski definition) is 4. The summed E-state index contributed by atoms with van der Waals surface area (Å²) < 4.78 is 5.86. The topological polar surface area (TPSA) is 55.3 Å². The molecule has 0 unspecified atom stereocenters. The molecule has 132 valence electrons. The molecule has 0 N–H and O–H groups in total. The minimum absolute atomic E-state index is 0.266. The van der Waals surface area contributed by atoms with Crippen LogP contribution in [0.25, 0.3) is 22.3 Å². The van der Waals surface area contributed by atoms with Crippen molar-refractivity contribution in [3.05, 3.63) is 54.7 Å². The van der Waals surface area contributed by atoms with E-state index in [0.29, 0.717) is 13.0 Å². The number of carbonyl (C=O) groups is 1. The molecule has 0 aliphatic carbocycles. The van der Waals surface area contributed by atoms with Crippen LogP contribution in [0, 0.1) is 0 Å². The molecule has 1 saturated heterocycles. The van der Waals surface area contributed by atoms with Crippen LogP contribution in [0.3, 0.4) is 0 Å². The zero-order valence-corrected chi connectivity index (χ0v) is 14.6. The maximum Gasteiger partial charge on any atom is 0.222 e. The molecule has 0 spiro atoms. The van der Waals surface area contributed by atoms with Gasteiger partial charge in [0, 0.05) is 25.1 Å². The van der Waals surface area contributed by atoms with Gasteiger partial charge in [-0.3, -0.25) is 9.78 Å². The van der Waals surface area contributed by atoms with Crippen LogP contribution >= 0.6 is 0 Å². The number of para-hydroxylation sites is 2. The zero-order chi connectivity index (χ0) is 17.8.